The fourth-order valence-corrected chi connectivity index (χ4v) is 14.7. The van der Waals surface area contributed by atoms with Crippen LogP contribution in [0.5, 0.6) is 0 Å². The van der Waals surface area contributed by atoms with Gasteiger partial charge in [-0.05, 0) is 284 Å². The van der Waals surface area contributed by atoms with E-state index in [9.17, 15) is 82.0 Å². The number of hydrogen-bond acceptors (Lipinski definition) is 32. The first kappa shape index (κ1) is 135. The number of carbonyl (C=O) groups excluding carboxylic acids is 5. The van der Waals surface area contributed by atoms with Crippen molar-refractivity contribution < 1.29 is 140 Å². The van der Waals surface area contributed by atoms with E-state index in [0.29, 0.717) is 137 Å². The summed E-state index contributed by atoms with van der Waals surface area (Å²) in [4.78, 5) is 109. The number of nitrogens with zero attached hydrogens (tertiary/aromatic N) is 8. The molecule has 5 aliphatic heterocycles. The van der Waals surface area contributed by atoms with Crippen LogP contribution in [0.1, 0.15) is 233 Å². The van der Waals surface area contributed by atoms with Crippen LogP contribution in [-0.4, -0.2) is 258 Å². The minimum absolute atomic E-state index is 0. The Labute approximate surface area is 896 Å². The van der Waals surface area contributed by atoms with Gasteiger partial charge >= 0.3 is 59.7 Å². The first-order valence-electron chi connectivity index (χ1n) is 48.9. The van der Waals surface area contributed by atoms with Crippen molar-refractivity contribution in [3.8, 4) is 0 Å². The third-order valence-corrected chi connectivity index (χ3v) is 21.4. The molecule has 0 aliphatic carbocycles. The molecule has 5 aliphatic rings. The molecule has 40 nitrogen and oxygen atoms in total. The summed E-state index contributed by atoms with van der Waals surface area (Å²) in [5.41, 5.74) is 22.3. The maximum absolute atomic E-state index is 12.9. The van der Waals surface area contributed by atoms with Gasteiger partial charge in [0.15, 0.2) is 4.77 Å². The molecule has 0 spiro atoms. The molecule has 7 aromatic rings. The minimum Gasteiger partial charge on any atom is -1.00 e. The number of nitro benzene ring substituents is 4. The zero-order chi connectivity index (χ0) is 110. The molecule has 6 heterocycles. The van der Waals surface area contributed by atoms with Gasteiger partial charge in [0.2, 0.25) is 5.82 Å². The number of aromatic nitrogens is 2. The summed E-state index contributed by atoms with van der Waals surface area (Å²) in [5.74, 6) is -0.939. The standard InChI is InChI=1S/C20H29N3O3S.C19H29N3O5.C19H31N3O3.C14H21N3O3.C9H10N2O3.C7H4FNO3.C5H11NO.C4H10O.C2H4F3N.C2H6O.B.Na.H/c1-5-22-17-7-6-14(12-16(17)21-18(22)27)13-23(15-8-10-25-11-9-15)19(24)26-20(2,3)4;1-5-20-16-7-6-14(12-17(16)22(24)25)13-21(15-8-10-26-11-9-15)18(23)27-19(2,3)4;1-5-21-17-7-6-14(12-16(17)20)13-22(15-8-10-24-11-9-15)18(23)25-19(2,3)4;1-2-15-13-4-3-11(9-14(13)17(18)19)10-16-12-5-7-20-8-6-12;1-2-10-8-4-3-7(6-12)5-9(8)11(13)14;8-6-2-1-5(4-10)3-7(6)9(11)12;6-5-1-3-7-4-2-5;1-4(2,3)5;3-2(4,5)1-6;1-2-3;;;/h6-7,12,15H,5,8-11,13H2,1-4H3,(H,21,27);6-7,12,15,20H,5,8-11,13H2,1-4H3;6-7,12,15,21H,5,8-11,13,20H2,1-4H3;3-4,9,12,15-16H,2,5-8,10H2,1H3;3-6,10H,2H2,1H3;1-4H;5H,1-4,6H2;5H,1-3H3;1,6H2;3H,2H2,1H3;;;/q;;;;;;;;;;;+1;-1. The van der Waals surface area contributed by atoms with E-state index in [4.69, 9.17) is 71.8 Å². The summed E-state index contributed by atoms with van der Waals surface area (Å²) in [6.45, 7) is 45.1. The second-order valence-corrected chi connectivity index (χ2v) is 38.3. The van der Waals surface area contributed by atoms with Crippen molar-refractivity contribution in [2.45, 2.75) is 280 Å². The number of rotatable bonds is 27. The van der Waals surface area contributed by atoms with Crippen molar-refractivity contribution in [3.63, 3.8) is 0 Å². The maximum Gasteiger partial charge on any atom is 1.00 e. The third-order valence-electron chi connectivity index (χ3n) is 21.1. The molecule has 821 valence electrons. The molecule has 5 fully saturated rings. The van der Waals surface area contributed by atoms with Crippen LogP contribution >= 0.6 is 12.2 Å². The van der Waals surface area contributed by atoms with E-state index in [0.717, 1.165) is 154 Å². The molecule has 0 unspecified atom stereocenters. The van der Waals surface area contributed by atoms with Crippen molar-refractivity contribution in [1.29, 1.82) is 0 Å². The Morgan fingerprint density at radius 2 is 0.797 bits per heavy atom. The summed E-state index contributed by atoms with van der Waals surface area (Å²) < 4.78 is 90.9. The van der Waals surface area contributed by atoms with Crippen LogP contribution in [0, 0.1) is 51.0 Å². The second-order valence-electron chi connectivity index (χ2n) is 37.9. The number of alkyl halides is 3. The fraction of sp³-hybridized carbons (Fsp3) is 0.584. The summed E-state index contributed by atoms with van der Waals surface area (Å²) >= 11 is 5.40. The molecule has 47 heteroatoms. The molecular weight excluding hydrogens is 1960 g/mol. The number of anilines is 5. The van der Waals surface area contributed by atoms with E-state index >= 15 is 0 Å². The molecular formula is C101H156BF4N17NaO23S. The zero-order valence-corrected chi connectivity index (χ0v) is 91.9. The monoisotopic (exact) mass is 2120 g/mol. The van der Waals surface area contributed by atoms with Gasteiger partial charge in [-0.3, -0.25) is 50.0 Å². The SMILES string of the molecule is CC(C)(C)O.CCNc1ccc(C=O)cc1[N+](=O)[O-].CCNc1ccc(CN(C(=O)OC(C)(C)C)C2CCOCC2)cc1N.CCNc1ccc(CN(C(=O)OC(C)(C)C)C2CCOCC2)cc1[N+](=O)[O-].CCNc1ccc(CNC2CCOCC2)cc1[N+](=O)[O-].CCO.CCn1c(=S)[nH]c2cc(CN(C(=O)OC(C)(C)C)C3CCOCC3)ccc21.NC1CCOCC1.NCC(F)(F)F.O=Cc1ccc(F)c([N+](=O)[O-])c1.[B].[H-].[Na+]. The van der Waals surface area contributed by atoms with Gasteiger partial charge in [0.1, 0.15) is 46.4 Å². The molecule has 5 saturated heterocycles. The quantitative estimate of drug-likeness (QED) is 0.00333. The summed E-state index contributed by atoms with van der Waals surface area (Å²) in [7, 11) is 0. The van der Waals surface area contributed by atoms with Crippen molar-refractivity contribution in [2.75, 3.05) is 132 Å². The van der Waals surface area contributed by atoms with Gasteiger partial charge in [-0.2, -0.15) is 17.6 Å². The number of H-pyrrole nitrogens is 1. The van der Waals surface area contributed by atoms with Crippen LogP contribution in [0.2, 0.25) is 0 Å². The average Bonchev–Trinajstić information content (AvgIpc) is 1.66. The van der Waals surface area contributed by atoms with E-state index in [1.54, 1.807) is 50.8 Å². The number of fused-ring (bicyclic) bond motifs is 1. The average molecular weight is 2120 g/mol. The molecule has 6 aromatic carbocycles. The summed E-state index contributed by atoms with van der Waals surface area (Å²) in [6, 6.07) is 30.8. The largest absolute Gasteiger partial charge is 1.00 e. The molecule has 1 aromatic heterocycles. The second kappa shape index (κ2) is 69.5. The normalized spacial score (nSPS) is 14.4. The van der Waals surface area contributed by atoms with Crippen LogP contribution in [0.25, 0.3) is 11.0 Å². The van der Waals surface area contributed by atoms with E-state index < -0.39 is 67.5 Å². The molecule has 0 atom stereocenters. The number of nitro groups is 4. The smallest absolute Gasteiger partial charge is 1.00 e. The third kappa shape index (κ3) is 54.0. The summed E-state index contributed by atoms with van der Waals surface area (Å²) in [6.07, 6.45) is 4.69. The number of imidazole rings is 1. The van der Waals surface area contributed by atoms with Crippen molar-refractivity contribution in [1.82, 2.24) is 29.6 Å². The molecule has 14 N–H and O–H groups in total. The molecule has 0 saturated carbocycles. The number of amides is 3. The van der Waals surface area contributed by atoms with Crippen molar-refractivity contribution in [3.05, 3.63) is 194 Å². The first-order valence-corrected chi connectivity index (χ1v) is 49.3. The number of aldehydes is 2. The number of ether oxygens (including phenoxy) is 8. The summed E-state index contributed by atoms with van der Waals surface area (Å²) in [5, 5.41) is 74.8. The number of aliphatic hydroxyl groups is 2. The molecule has 12 rings (SSSR count). The van der Waals surface area contributed by atoms with Crippen LogP contribution in [0.15, 0.2) is 109 Å². The van der Waals surface area contributed by atoms with Gasteiger partial charge < -0.3 is 118 Å². The number of carbonyl (C=O) groups is 5. The minimum atomic E-state index is -4.18. The molecule has 3 amide bonds. The van der Waals surface area contributed by atoms with Gasteiger partial charge in [0, 0.05) is 206 Å². The number of hydrogen-bond donors (Lipinski definition) is 11. The number of nitrogen functional groups attached to an aromatic ring is 1. The fourth-order valence-electron chi connectivity index (χ4n) is 14.3. The Hall–Kier alpha value is -10.9. The van der Waals surface area contributed by atoms with Gasteiger partial charge in [0.05, 0.1) is 54.2 Å². The molecule has 148 heavy (non-hydrogen) atoms. The van der Waals surface area contributed by atoms with Crippen LogP contribution in [0.4, 0.5) is 83.1 Å². The van der Waals surface area contributed by atoms with Gasteiger partial charge in [-0.25, -0.2) is 14.4 Å². The van der Waals surface area contributed by atoms with E-state index in [-0.39, 0.29) is 110 Å². The molecule has 0 bridgehead atoms. The van der Waals surface area contributed by atoms with E-state index in [1.165, 1.54) is 30.3 Å². The Bertz CT molecular complexity index is 5220. The number of aryl methyl sites for hydroxylation is 1. The Morgan fingerprint density at radius 1 is 0.500 bits per heavy atom. The van der Waals surface area contributed by atoms with Crippen LogP contribution in [-0.2, 0) is 70.6 Å². The maximum atomic E-state index is 12.9. The number of aliphatic hydroxyl groups excluding tert-OH is 1. The van der Waals surface area contributed by atoms with Crippen LogP contribution < -0.4 is 73.3 Å². The number of benzene rings is 6. The van der Waals surface area contributed by atoms with Crippen molar-refractivity contribution >= 4 is 114 Å². The van der Waals surface area contributed by atoms with Gasteiger partial charge in [0.25, 0.3) is 17.1 Å². The topological polar surface area (TPSA) is 541 Å². The predicted octanol–water partition coefficient (Wildman–Crippen LogP) is 16.0. The van der Waals surface area contributed by atoms with Crippen LogP contribution in [0.3, 0.4) is 0 Å². The predicted molar refractivity (Wildman–Crippen MR) is 566 cm³/mol. The Kier molecular flexibility index (Phi) is 63.5. The molecule has 3 radical (unpaired) electrons. The number of halogens is 4. The van der Waals surface area contributed by atoms with E-state index in [1.807, 2.05) is 130 Å². The number of nitrogens with one attached hydrogen (secondary N) is 6. The Morgan fingerprint density at radius 3 is 1.12 bits per heavy atom. The first-order chi connectivity index (χ1) is 68.7. The van der Waals surface area contributed by atoms with E-state index in [2.05, 4.69) is 67.0 Å². The zero-order valence-electron chi connectivity index (χ0n) is 90.1. The van der Waals surface area contributed by atoms with Gasteiger partial charge in [-0.15, -0.1) is 0 Å². The van der Waals surface area contributed by atoms with Crippen molar-refractivity contribution in [2.24, 2.45) is 11.5 Å². The van der Waals surface area contributed by atoms with Gasteiger partial charge in [-0.1, -0.05) is 24.3 Å². The number of nitrogens with two attached hydrogens (primary N) is 3. The number of aromatic amines is 1. The Balaban J connectivity index is 0.00000171.